The number of rotatable bonds is 3. The van der Waals surface area contributed by atoms with E-state index in [1.165, 1.54) is 0 Å². The second-order valence-electron chi connectivity index (χ2n) is 5.58. The molecule has 1 aromatic rings. The van der Waals surface area contributed by atoms with Gasteiger partial charge >= 0.3 is 5.97 Å². The molecule has 21 heavy (non-hydrogen) atoms. The lowest BCUT2D eigenvalue weighted by Crippen LogP contribution is -2.23. The van der Waals surface area contributed by atoms with E-state index in [0.717, 1.165) is 0 Å². The van der Waals surface area contributed by atoms with E-state index in [-0.39, 0.29) is 23.3 Å². The number of aromatic nitrogens is 2. The van der Waals surface area contributed by atoms with Gasteiger partial charge in [-0.3, -0.25) is 4.79 Å². The molecule has 1 aliphatic carbocycles. The van der Waals surface area contributed by atoms with E-state index in [0.29, 0.717) is 31.0 Å². The van der Waals surface area contributed by atoms with Crippen LogP contribution in [0.25, 0.3) is 0 Å². The quantitative estimate of drug-likeness (QED) is 0.832. The molecule has 0 aromatic carbocycles. The van der Waals surface area contributed by atoms with Crippen LogP contribution in [0.5, 0.6) is 0 Å². The van der Waals surface area contributed by atoms with Crippen molar-refractivity contribution in [1.29, 1.82) is 0 Å². The van der Waals surface area contributed by atoms with Crippen molar-refractivity contribution in [3.8, 4) is 0 Å². The normalized spacial score (nSPS) is 31.3. The van der Waals surface area contributed by atoms with Crippen LogP contribution < -0.4 is 0 Å². The minimum atomic E-state index is -3.01. The van der Waals surface area contributed by atoms with Gasteiger partial charge < -0.3 is 9.63 Å². The van der Waals surface area contributed by atoms with Crippen LogP contribution in [0.15, 0.2) is 16.7 Å². The zero-order chi connectivity index (χ0) is 15.0. The predicted molar refractivity (Wildman–Crippen MR) is 72.6 cm³/mol. The Labute approximate surface area is 122 Å². The van der Waals surface area contributed by atoms with Gasteiger partial charge in [0.1, 0.15) is 0 Å². The van der Waals surface area contributed by atoms with Gasteiger partial charge in [-0.1, -0.05) is 17.3 Å². The summed E-state index contributed by atoms with van der Waals surface area (Å²) >= 11 is 0. The number of sulfone groups is 1. The lowest BCUT2D eigenvalue weighted by molar-refractivity contribution is -0.142. The molecule has 3 atom stereocenters. The van der Waals surface area contributed by atoms with Gasteiger partial charge in [-0.2, -0.15) is 4.98 Å². The van der Waals surface area contributed by atoms with Crippen LogP contribution in [0.3, 0.4) is 0 Å². The van der Waals surface area contributed by atoms with Gasteiger partial charge in [-0.25, -0.2) is 8.42 Å². The summed E-state index contributed by atoms with van der Waals surface area (Å²) in [6.45, 7) is 0. The fraction of sp³-hybridized carbons (Fsp3) is 0.615. The molecule has 0 bridgehead atoms. The Hall–Kier alpha value is -1.70. The second kappa shape index (κ2) is 5.25. The summed E-state index contributed by atoms with van der Waals surface area (Å²) in [6.07, 6.45) is 5.23. The van der Waals surface area contributed by atoms with Crippen LogP contribution in [-0.2, 0) is 14.6 Å². The molecule has 7 nitrogen and oxygen atoms in total. The Balaban J connectivity index is 1.81. The first-order valence-corrected chi connectivity index (χ1v) is 8.70. The topological polar surface area (TPSA) is 110 Å². The summed E-state index contributed by atoms with van der Waals surface area (Å²) in [5.41, 5.74) is 0. The summed E-state index contributed by atoms with van der Waals surface area (Å²) in [5.74, 6) is -1.18. The number of aliphatic carboxylic acids is 1. The van der Waals surface area contributed by atoms with Crippen molar-refractivity contribution in [2.24, 2.45) is 5.92 Å². The van der Waals surface area contributed by atoms with Crippen molar-refractivity contribution in [3.63, 3.8) is 0 Å². The van der Waals surface area contributed by atoms with Crippen LogP contribution >= 0.6 is 0 Å². The highest BCUT2D eigenvalue weighted by Gasteiger charge is 2.36. The van der Waals surface area contributed by atoms with Crippen LogP contribution in [0.1, 0.15) is 42.8 Å². The standard InChI is InChI=1S/C13H16N2O5S/c16-13(17)10-4-2-1-3-9(10)12-14-11(15-20-12)8-5-6-21(18,19)7-8/h1-2,8-10H,3-7H2,(H,16,17)/t8?,9-,10+/m1/s1. The van der Waals surface area contributed by atoms with E-state index in [1.54, 1.807) is 0 Å². The minimum absolute atomic E-state index is 0.0406. The van der Waals surface area contributed by atoms with E-state index >= 15 is 0 Å². The van der Waals surface area contributed by atoms with E-state index in [1.807, 2.05) is 12.2 Å². The molecule has 1 aromatic heterocycles. The van der Waals surface area contributed by atoms with E-state index in [2.05, 4.69) is 10.1 Å². The highest BCUT2D eigenvalue weighted by Crippen LogP contribution is 2.35. The first kappa shape index (κ1) is 14.2. The molecular formula is C13H16N2O5S. The van der Waals surface area contributed by atoms with Gasteiger partial charge in [0.15, 0.2) is 15.7 Å². The predicted octanol–water partition coefficient (Wildman–Crippen LogP) is 1.11. The van der Waals surface area contributed by atoms with Crippen LogP contribution in [0.2, 0.25) is 0 Å². The molecule has 8 heteroatoms. The highest BCUT2D eigenvalue weighted by molar-refractivity contribution is 7.91. The lowest BCUT2D eigenvalue weighted by atomic mass is 9.83. The van der Waals surface area contributed by atoms with Gasteiger partial charge in [0.05, 0.1) is 23.3 Å². The summed E-state index contributed by atoms with van der Waals surface area (Å²) in [6, 6.07) is 0. The van der Waals surface area contributed by atoms with Gasteiger partial charge in [0.2, 0.25) is 5.89 Å². The molecule has 0 radical (unpaired) electrons. The van der Waals surface area contributed by atoms with E-state index in [4.69, 9.17) is 4.52 Å². The Morgan fingerprint density at radius 2 is 2.10 bits per heavy atom. The molecule has 3 rings (SSSR count). The molecule has 1 fully saturated rings. The van der Waals surface area contributed by atoms with Gasteiger partial charge in [-0.05, 0) is 19.3 Å². The van der Waals surface area contributed by atoms with Crippen LogP contribution in [0, 0.1) is 5.92 Å². The number of nitrogens with zero attached hydrogens (tertiary/aromatic N) is 2. The molecule has 2 heterocycles. The fourth-order valence-corrected chi connectivity index (χ4v) is 4.66. The number of carboxylic acid groups (broad SMARTS) is 1. The molecule has 2 aliphatic rings. The van der Waals surface area contributed by atoms with Gasteiger partial charge in [-0.15, -0.1) is 0 Å². The van der Waals surface area contributed by atoms with Crippen LogP contribution in [-0.4, -0.2) is 41.1 Å². The maximum atomic E-state index is 11.5. The van der Waals surface area contributed by atoms with Crippen molar-refractivity contribution in [3.05, 3.63) is 23.9 Å². The Morgan fingerprint density at radius 1 is 1.33 bits per heavy atom. The van der Waals surface area contributed by atoms with Crippen LogP contribution in [0.4, 0.5) is 0 Å². The smallest absolute Gasteiger partial charge is 0.307 e. The molecule has 0 spiro atoms. The Bertz CT molecular complexity index is 678. The van der Waals surface area contributed by atoms with Crippen molar-refractivity contribution >= 4 is 15.8 Å². The van der Waals surface area contributed by atoms with Crippen molar-refractivity contribution in [1.82, 2.24) is 10.1 Å². The van der Waals surface area contributed by atoms with E-state index in [9.17, 15) is 18.3 Å². The van der Waals surface area contributed by atoms with E-state index < -0.39 is 21.7 Å². The number of hydrogen-bond donors (Lipinski definition) is 1. The Kier molecular flexibility index (Phi) is 3.56. The SMILES string of the molecule is O=C(O)[C@H]1CC=CC[C@H]1c1nc(C2CCS(=O)(=O)C2)no1. The molecular weight excluding hydrogens is 296 g/mol. The maximum absolute atomic E-state index is 11.5. The summed E-state index contributed by atoms with van der Waals surface area (Å²) in [7, 11) is -3.01. The Morgan fingerprint density at radius 3 is 2.76 bits per heavy atom. The third kappa shape index (κ3) is 2.85. The lowest BCUT2D eigenvalue weighted by Gasteiger charge is -2.21. The van der Waals surface area contributed by atoms with Gasteiger partial charge in [0, 0.05) is 5.92 Å². The summed E-state index contributed by atoms with van der Waals surface area (Å²) < 4.78 is 28.2. The first-order chi connectivity index (χ1) is 9.96. The third-order valence-electron chi connectivity index (χ3n) is 4.12. The zero-order valence-electron chi connectivity index (χ0n) is 11.3. The second-order valence-corrected chi connectivity index (χ2v) is 7.81. The largest absolute Gasteiger partial charge is 0.481 e. The number of carboxylic acids is 1. The first-order valence-electron chi connectivity index (χ1n) is 6.88. The average Bonchev–Trinajstić information content (AvgIpc) is 3.05. The number of allylic oxidation sites excluding steroid dienone is 2. The minimum Gasteiger partial charge on any atom is -0.481 e. The van der Waals surface area contributed by atoms with Crippen molar-refractivity contribution in [2.45, 2.75) is 31.1 Å². The van der Waals surface area contributed by atoms with Crippen molar-refractivity contribution in [2.75, 3.05) is 11.5 Å². The number of carbonyl (C=O) groups is 1. The fourth-order valence-electron chi connectivity index (χ4n) is 2.92. The third-order valence-corrected chi connectivity index (χ3v) is 5.89. The molecule has 0 amide bonds. The van der Waals surface area contributed by atoms with Gasteiger partial charge in [0.25, 0.3) is 0 Å². The summed E-state index contributed by atoms with van der Waals surface area (Å²) in [4.78, 5) is 15.6. The molecule has 1 saturated heterocycles. The average molecular weight is 312 g/mol. The van der Waals surface area contributed by atoms with Crippen molar-refractivity contribution < 1.29 is 22.8 Å². The monoisotopic (exact) mass is 312 g/mol. The molecule has 1 N–H and O–H groups in total. The number of hydrogen-bond acceptors (Lipinski definition) is 6. The molecule has 0 saturated carbocycles. The zero-order valence-corrected chi connectivity index (χ0v) is 12.1. The summed E-state index contributed by atoms with van der Waals surface area (Å²) in [5, 5.41) is 13.1. The molecule has 1 unspecified atom stereocenters. The molecule has 114 valence electrons. The molecule has 1 aliphatic heterocycles. The highest BCUT2D eigenvalue weighted by atomic mass is 32.2. The maximum Gasteiger partial charge on any atom is 0.307 e.